The van der Waals surface area contributed by atoms with E-state index in [-0.39, 0.29) is 25.0 Å². The molecule has 20 heavy (non-hydrogen) atoms. The highest BCUT2D eigenvalue weighted by atomic mass is 16.5. The van der Waals surface area contributed by atoms with Crippen LogP contribution in [0.2, 0.25) is 0 Å². The van der Waals surface area contributed by atoms with Gasteiger partial charge in [0.1, 0.15) is 11.5 Å². The van der Waals surface area contributed by atoms with Crippen LogP contribution in [0, 0.1) is 0 Å². The summed E-state index contributed by atoms with van der Waals surface area (Å²) in [6, 6.07) is 7.00. The first kappa shape index (κ1) is 14.2. The standard InChI is InChI=1S/C14H18N2O4/c1-19-11-3-5-12(6-4-11)20-10-14(18)16-8-2-7-15-13(17)9-16/h3-6H,2,7-10H2,1H3,(H,15,17). The third kappa shape index (κ3) is 3.88. The van der Waals surface area contributed by atoms with Crippen molar-refractivity contribution in [1.29, 1.82) is 0 Å². The van der Waals surface area contributed by atoms with Crippen LogP contribution in [0.5, 0.6) is 11.5 Å². The summed E-state index contributed by atoms with van der Waals surface area (Å²) in [6.07, 6.45) is 0.764. The van der Waals surface area contributed by atoms with Crippen LogP contribution < -0.4 is 14.8 Å². The molecule has 1 saturated heterocycles. The van der Waals surface area contributed by atoms with E-state index in [2.05, 4.69) is 5.32 Å². The molecule has 108 valence electrons. The number of nitrogens with one attached hydrogen (secondary N) is 1. The lowest BCUT2D eigenvalue weighted by molar-refractivity contribution is -0.136. The molecular formula is C14H18N2O4. The smallest absolute Gasteiger partial charge is 0.260 e. The van der Waals surface area contributed by atoms with Crippen LogP contribution in [0.1, 0.15) is 6.42 Å². The number of amides is 2. The predicted molar refractivity (Wildman–Crippen MR) is 72.7 cm³/mol. The summed E-state index contributed by atoms with van der Waals surface area (Å²) in [4.78, 5) is 24.9. The highest BCUT2D eigenvalue weighted by Gasteiger charge is 2.19. The number of nitrogens with zero attached hydrogens (tertiary/aromatic N) is 1. The van der Waals surface area contributed by atoms with Gasteiger partial charge in [0.25, 0.3) is 5.91 Å². The lowest BCUT2D eigenvalue weighted by Crippen LogP contribution is -2.39. The molecular weight excluding hydrogens is 260 g/mol. The van der Waals surface area contributed by atoms with E-state index in [1.54, 1.807) is 31.4 Å². The molecule has 0 bridgehead atoms. The molecule has 6 heteroatoms. The third-order valence-electron chi connectivity index (χ3n) is 3.04. The highest BCUT2D eigenvalue weighted by molar-refractivity contribution is 5.85. The van der Waals surface area contributed by atoms with Gasteiger partial charge in [-0.3, -0.25) is 9.59 Å². The molecule has 0 unspecified atom stereocenters. The molecule has 0 radical (unpaired) electrons. The molecule has 0 spiro atoms. The van der Waals surface area contributed by atoms with Gasteiger partial charge in [-0.15, -0.1) is 0 Å². The van der Waals surface area contributed by atoms with Crippen molar-refractivity contribution in [3.05, 3.63) is 24.3 Å². The zero-order valence-corrected chi connectivity index (χ0v) is 11.4. The van der Waals surface area contributed by atoms with Gasteiger partial charge in [-0.05, 0) is 30.7 Å². The van der Waals surface area contributed by atoms with Crippen LogP contribution in [0.25, 0.3) is 0 Å². The van der Waals surface area contributed by atoms with Gasteiger partial charge in [-0.2, -0.15) is 0 Å². The van der Waals surface area contributed by atoms with Crippen LogP contribution in [-0.4, -0.2) is 50.1 Å². The van der Waals surface area contributed by atoms with Crippen LogP contribution >= 0.6 is 0 Å². The minimum Gasteiger partial charge on any atom is -0.497 e. The summed E-state index contributed by atoms with van der Waals surface area (Å²) < 4.78 is 10.5. The van der Waals surface area contributed by atoms with Crippen molar-refractivity contribution in [2.24, 2.45) is 0 Å². The van der Waals surface area contributed by atoms with Crippen LogP contribution in [-0.2, 0) is 9.59 Å². The molecule has 1 fully saturated rings. The number of ether oxygens (including phenoxy) is 2. The van der Waals surface area contributed by atoms with Gasteiger partial charge in [-0.1, -0.05) is 0 Å². The van der Waals surface area contributed by atoms with E-state index < -0.39 is 0 Å². The number of hydrogen-bond donors (Lipinski definition) is 1. The second-order valence-corrected chi connectivity index (χ2v) is 4.48. The number of methoxy groups -OCH3 is 1. The van der Waals surface area contributed by atoms with E-state index >= 15 is 0 Å². The maximum absolute atomic E-state index is 12.0. The summed E-state index contributed by atoms with van der Waals surface area (Å²) in [6.45, 7) is 1.22. The maximum Gasteiger partial charge on any atom is 0.260 e. The molecule has 1 N–H and O–H groups in total. The largest absolute Gasteiger partial charge is 0.497 e. The van der Waals surface area contributed by atoms with Gasteiger partial charge in [0.2, 0.25) is 5.91 Å². The average molecular weight is 278 g/mol. The molecule has 2 amide bonds. The van der Waals surface area contributed by atoms with Gasteiger partial charge < -0.3 is 19.7 Å². The Bertz CT molecular complexity index is 473. The SMILES string of the molecule is COc1ccc(OCC(=O)N2CCCNC(=O)C2)cc1. The lowest BCUT2D eigenvalue weighted by atomic mass is 10.3. The van der Waals surface area contributed by atoms with Crippen molar-refractivity contribution >= 4 is 11.8 Å². The summed E-state index contributed by atoms with van der Waals surface area (Å²) >= 11 is 0. The minimum atomic E-state index is -0.183. The van der Waals surface area contributed by atoms with Gasteiger partial charge in [-0.25, -0.2) is 0 Å². The van der Waals surface area contributed by atoms with Gasteiger partial charge >= 0.3 is 0 Å². The van der Waals surface area contributed by atoms with E-state index in [0.29, 0.717) is 18.8 Å². The number of carbonyl (C=O) groups excluding carboxylic acids is 2. The fourth-order valence-corrected chi connectivity index (χ4v) is 1.93. The Morgan fingerprint density at radius 3 is 2.70 bits per heavy atom. The number of rotatable bonds is 4. The quantitative estimate of drug-likeness (QED) is 0.867. The maximum atomic E-state index is 12.0. The predicted octanol–water partition coefficient (Wildman–Crippen LogP) is 0.422. The Balaban J connectivity index is 1.85. The molecule has 0 atom stereocenters. The fourth-order valence-electron chi connectivity index (χ4n) is 1.93. The normalized spacial score (nSPS) is 15.2. The molecule has 6 nitrogen and oxygen atoms in total. The van der Waals surface area contributed by atoms with Crippen molar-refractivity contribution in [3.8, 4) is 11.5 Å². The summed E-state index contributed by atoms with van der Waals surface area (Å²) in [5, 5.41) is 2.73. The fraction of sp³-hybridized carbons (Fsp3) is 0.429. The molecule has 1 aliphatic heterocycles. The summed E-state index contributed by atoms with van der Waals surface area (Å²) in [7, 11) is 1.59. The Morgan fingerprint density at radius 1 is 1.30 bits per heavy atom. The zero-order chi connectivity index (χ0) is 14.4. The molecule has 1 aliphatic rings. The molecule has 0 aromatic heterocycles. The summed E-state index contributed by atoms with van der Waals surface area (Å²) in [5.41, 5.74) is 0. The zero-order valence-electron chi connectivity index (χ0n) is 11.4. The van der Waals surface area contributed by atoms with Gasteiger partial charge in [0, 0.05) is 13.1 Å². The molecule has 0 aliphatic carbocycles. The first-order chi connectivity index (χ1) is 9.69. The van der Waals surface area contributed by atoms with Crippen LogP contribution in [0.4, 0.5) is 0 Å². The first-order valence-corrected chi connectivity index (χ1v) is 6.50. The van der Waals surface area contributed by atoms with E-state index in [1.807, 2.05) is 0 Å². The Labute approximate surface area is 117 Å². The van der Waals surface area contributed by atoms with Crippen molar-refractivity contribution in [1.82, 2.24) is 10.2 Å². The van der Waals surface area contributed by atoms with E-state index in [1.165, 1.54) is 4.90 Å². The molecule has 2 rings (SSSR count). The van der Waals surface area contributed by atoms with Gasteiger partial charge in [0.05, 0.1) is 13.7 Å². The number of hydrogen-bond acceptors (Lipinski definition) is 4. The second-order valence-electron chi connectivity index (χ2n) is 4.48. The Morgan fingerprint density at radius 2 is 2.00 bits per heavy atom. The van der Waals surface area contributed by atoms with Crippen molar-refractivity contribution in [3.63, 3.8) is 0 Å². The molecule has 0 saturated carbocycles. The third-order valence-corrected chi connectivity index (χ3v) is 3.04. The molecule has 1 aromatic rings. The molecule has 1 aromatic carbocycles. The highest BCUT2D eigenvalue weighted by Crippen LogP contribution is 2.17. The summed E-state index contributed by atoms with van der Waals surface area (Å²) in [5.74, 6) is 1.02. The first-order valence-electron chi connectivity index (χ1n) is 6.50. The van der Waals surface area contributed by atoms with Gasteiger partial charge in [0.15, 0.2) is 6.61 Å². The molecule has 1 heterocycles. The Kier molecular flexibility index (Phi) is 4.81. The van der Waals surface area contributed by atoms with Crippen molar-refractivity contribution < 1.29 is 19.1 Å². The number of carbonyl (C=O) groups is 2. The van der Waals surface area contributed by atoms with Crippen LogP contribution in [0.15, 0.2) is 24.3 Å². The van der Waals surface area contributed by atoms with Crippen molar-refractivity contribution in [2.45, 2.75) is 6.42 Å². The lowest BCUT2D eigenvalue weighted by Gasteiger charge is -2.19. The van der Waals surface area contributed by atoms with Crippen molar-refractivity contribution in [2.75, 3.05) is 33.4 Å². The minimum absolute atomic E-state index is 0.0698. The van der Waals surface area contributed by atoms with E-state index in [0.717, 1.165) is 12.2 Å². The Hall–Kier alpha value is -2.24. The second kappa shape index (κ2) is 6.79. The van der Waals surface area contributed by atoms with Crippen LogP contribution in [0.3, 0.4) is 0 Å². The van der Waals surface area contributed by atoms with E-state index in [9.17, 15) is 9.59 Å². The number of benzene rings is 1. The van der Waals surface area contributed by atoms with E-state index in [4.69, 9.17) is 9.47 Å². The monoisotopic (exact) mass is 278 g/mol. The average Bonchev–Trinajstić information content (AvgIpc) is 2.70. The topological polar surface area (TPSA) is 67.9 Å².